The number of hydrogen-bond donors (Lipinski definition) is 1. The molecule has 0 aliphatic heterocycles. The van der Waals surface area contributed by atoms with Crippen LogP contribution in [0.1, 0.15) is 11.5 Å². The summed E-state index contributed by atoms with van der Waals surface area (Å²) in [5.41, 5.74) is 1.52. The largest absolute Gasteiger partial charge is 0.414 e. The number of hydrogen-bond acceptors (Lipinski definition) is 5. The van der Waals surface area contributed by atoms with Gasteiger partial charge in [0.25, 0.3) is 5.22 Å². The minimum absolute atomic E-state index is 0.232. The van der Waals surface area contributed by atoms with Crippen LogP contribution in [0, 0.1) is 5.82 Å². The molecule has 3 rings (SSSR count). The Labute approximate surface area is 142 Å². The first-order valence-corrected chi connectivity index (χ1v) is 8.25. The van der Waals surface area contributed by atoms with Gasteiger partial charge in [0.2, 0.25) is 5.89 Å². The van der Waals surface area contributed by atoms with Crippen molar-refractivity contribution >= 4 is 29.1 Å². The highest BCUT2D eigenvalue weighted by Gasteiger charge is 2.08. The van der Waals surface area contributed by atoms with Gasteiger partial charge in [0.05, 0.1) is 6.54 Å². The van der Waals surface area contributed by atoms with E-state index in [9.17, 15) is 4.39 Å². The summed E-state index contributed by atoms with van der Waals surface area (Å²) in [4.78, 5) is 0. The Balaban J connectivity index is 1.53. The number of thioether (sulfide) groups is 1. The first kappa shape index (κ1) is 15.8. The van der Waals surface area contributed by atoms with Gasteiger partial charge in [-0.3, -0.25) is 0 Å². The lowest BCUT2D eigenvalue weighted by Gasteiger charge is -2.02. The Morgan fingerprint density at radius 2 is 1.87 bits per heavy atom. The highest BCUT2D eigenvalue weighted by Crippen LogP contribution is 2.23. The summed E-state index contributed by atoms with van der Waals surface area (Å²) in [6, 6.07) is 14.0. The molecule has 0 atom stereocenters. The second kappa shape index (κ2) is 7.48. The van der Waals surface area contributed by atoms with Gasteiger partial charge in [-0.2, -0.15) is 0 Å². The minimum Gasteiger partial charge on any atom is -0.414 e. The van der Waals surface area contributed by atoms with Crippen molar-refractivity contribution in [3.8, 4) is 0 Å². The van der Waals surface area contributed by atoms with E-state index in [2.05, 4.69) is 15.5 Å². The molecule has 0 aliphatic carbocycles. The molecule has 0 aliphatic rings. The summed E-state index contributed by atoms with van der Waals surface area (Å²) < 4.78 is 19.1. The standard InChI is InChI=1S/C16H13ClFN3OS/c17-12-5-7-13(8-6-12)19-9-15-20-21-16(22-15)23-10-11-3-1-2-4-14(11)18/h1-8,19H,9-10H2. The van der Waals surface area contributed by atoms with E-state index in [1.807, 2.05) is 12.1 Å². The van der Waals surface area contributed by atoms with Crippen molar-refractivity contribution in [1.29, 1.82) is 0 Å². The van der Waals surface area contributed by atoms with Gasteiger partial charge in [0.1, 0.15) is 5.82 Å². The Morgan fingerprint density at radius 3 is 2.65 bits per heavy atom. The van der Waals surface area contributed by atoms with Gasteiger partial charge in [-0.25, -0.2) is 4.39 Å². The third-order valence-electron chi connectivity index (χ3n) is 3.05. The summed E-state index contributed by atoms with van der Waals surface area (Å²) in [5.74, 6) is 0.680. The zero-order valence-electron chi connectivity index (χ0n) is 12.0. The maximum absolute atomic E-state index is 13.5. The van der Waals surface area contributed by atoms with Crippen LogP contribution in [0.3, 0.4) is 0 Å². The predicted octanol–water partition coefficient (Wildman–Crippen LogP) is 4.77. The summed E-state index contributed by atoms with van der Waals surface area (Å²) >= 11 is 7.14. The fourth-order valence-electron chi connectivity index (χ4n) is 1.87. The molecule has 1 heterocycles. The molecule has 0 saturated carbocycles. The molecule has 0 radical (unpaired) electrons. The summed E-state index contributed by atoms with van der Waals surface area (Å²) in [6.07, 6.45) is 0. The summed E-state index contributed by atoms with van der Waals surface area (Å²) in [7, 11) is 0. The van der Waals surface area contributed by atoms with Gasteiger partial charge in [0.15, 0.2) is 0 Å². The van der Waals surface area contributed by atoms with Crippen LogP contribution in [0.4, 0.5) is 10.1 Å². The van der Waals surface area contributed by atoms with Gasteiger partial charge < -0.3 is 9.73 Å². The molecule has 118 valence electrons. The Hall–Kier alpha value is -2.05. The van der Waals surface area contributed by atoms with Crippen molar-refractivity contribution in [2.45, 2.75) is 17.5 Å². The van der Waals surface area contributed by atoms with Gasteiger partial charge in [-0.1, -0.05) is 41.6 Å². The van der Waals surface area contributed by atoms with Crippen LogP contribution in [-0.2, 0) is 12.3 Å². The number of benzene rings is 2. The minimum atomic E-state index is -0.232. The molecular formula is C16H13ClFN3OS. The molecule has 3 aromatic rings. The van der Waals surface area contributed by atoms with Gasteiger partial charge >= 0.3 is 0 Å². The van der Waals surface area contributed by atoms with E-state index in [0.717, 1.165) is 5.69 Å². The SMILES string of the molecule is Fc1ccccc1CSc1nnc(CNc2ccc(Cl)cc2)o1. The molecular weight excluding hydrogens is 337 g/mol. The molecule has 0 fully saturated rings. The molecule has 1 N–H and O–H groups in total. The Kier molecular flexibility index (Phi) is 5.15. The smallest absolute Gasteiger partial charge is 0.276 e. The van der Waals surface area contributed by atoms with E-state index in [0.29, 0.717) is 34.0 Å². The Bertz CT molecular complexity index is 779. The molecule has 23 heavy (non-hydrogen) atoms. The highest BCUT2D eigenvalue weighted by molar-refractivity contribution is 7.98. The fraction of sp³-hybridized carbons (Fsp3) is 0.125. The molecule has 0 bridgehead atoms. The number of aromatic nitrogens is 2. The lowest BCUT2D eigenvalue weighted by Crippen LogP contribution is -1.99. The monoisotopic (exact) mass is 349 g/mol. The molecule has 4 nitrogen and oxygen atoms in total. The normalized spacial score (nSPS) is 10.7. The molecule has 0 saturated heterocycles. The number of nitrogens with zero attached hydrogens (tertiary/aromatic N) is 2. The number of rotatable bonds is 6. The molecule has 7 heteroatoms. The quantitative estimate of drug-likeness (QED) is 0.650. The maximum atomic E-state index is 13.5. The third kappa shape index (κ3) is 4.46. The van der Waals surface area contributed by atoms with Crippen LogP contribution >= 0.6 is 23.4 Å². The predicted molar refractivity (Wildman–Crippen MR) is 89.0 cm³/mol. The van der Waals surface area contributed by atoms with E-state index in [1.54, 1.807) is 30.3 Å². The second-order valence-corrected chi connectivity index (χ2v) is 6.07. The zero-order chi connectivity index (χ0) is 16.1. The van der Waals surface area contributed by atoms with Crippen LogP contribution in [0.5, 0.6) is 0 Å². The van der Waals surface area contributed by atoms with Crippen molar-refractivity contribution in [2.24, 2.45) is 0 Å². The fourth-order valence-corrected chi connectivity index (χ4v) is 2.76. The van der Waals surface area contributed by atoms with Crippen molar-refractivity contribution in [1.82, 2.24) is 10.2 Å². The third-order valence-corrected chi connectivity index (χ3v) is 4.16. The number of halogens is 2. The highest BCUT2D eigenvalue weighted by atomic mass is 35.5. The summed E-state index contributed by atoms with van der Waals surface area (Å²) in [6.45, 7) is 0.412. The van der Waals surface area contributed by atoms with Crippen LogP contribution in [0.15, 0.2) is 58.2 Å². The molecule has 1 aromatic heterocycles. The van der Waals surface area contributed by atoms with Crippen molar-refractivity contribution in [3.05, 3.63) is 70.8 Å². The van der Waals surface area contributed by atoms with E-state index in [-0.39, 0.29) is 5.82 Å². The zero-order valence-corrected chi connectivity index (χ0v) is 13.6. The van der Waals surface area contributed by atoms with Crippen molar-refractivity contribution in [3.63, 3.8) is 0 Å². The van der Waals surface area contributed by atoms with E-state index in [1.165, 1.54) is 17.8 Å². The first-order valence-electron chi connectivity index (χ1n) is 6.89. The molecule has 0 unspecified atom stereocenters. The van der Waals surface area contributed by atoms with Crippen LogP contribution in [-0.4, -0.2) is 10.2 Å². The van der Waals surface area contributed by atoms with Crippen LogP contribution in [0.25, 0.3) is 0 Å². The van der Waals surface area contributed by atoms with E-state index >= 15 is 0 Å². The van der Waals surface area contributed by atoms with Crippen molar-refractivity contribution < 1.29 is 8.81 Å². The summed E-state index contributed by atoms with van der Waals surface area (Å²) in [5, 5.41) is 12.2. The molecule has 0 amide bonds. The lowest BCUT2D eigenvalue weighted by atomic mass is 10.2. The molecule has 0 spiro atoms. The van der Waals surface area contributed by atoms with Gasteiger partial charge in [-0.15, -0.1) is 10.2 Å². The average Bonchev–Trinajstić information content (AvgIpc) is 3.02. The van der Waals surface area contributed by atoms with E-state index < -0.39 is 0 Å². The average molecular weight is 350 g/mol. The molecule has 2 aromatic carbocycles. The lowest BCUT2D eigenvalue weighted by molar-refractivity contribution is 0.418. The second-order valence-electron chi connectivity index (χ2n) is 4.70. The first-order chi connectivity index (χ1) is 11.2. The van der Waals surface area contributed by atoms with Crippen molar-refractivity contribution in [2.75, 3.05) is 5.32 Å². The number of nitrogens with one attached hydrogen (secondary N) is 1. The van der Waals surface area contributed by atoms with Gasteiger partial charge in [-0.05, 0) is 35.9 Å². The Morgan fingerprint density at radius 1 is 1.09 bits per heavy atom. The maximum Gasteiger partial charge on any atom is 0.276 e. The van der Waals surface area contributed by atoms with E-state index in [4.69, 9.17) is 16.0 Å². The van der Waals surface area contributed by atoms with Crippen LogP contribution < -0.4 is 5.32 Å². The van der Waals surface area contributed by atoms with Crippen LogP contribution in [0.2, 0.25) is 5.02 Å². The number of anilines is 1. The van der Waals surface area contributed by atoms with Gasteiger partial charge in [0, 0.05) is 16.5 Å². The topological polar surface area (TPSA) is 51.0 Å².